The molecule has 1 aromatic heterocycles. The Morgan fingerprint density at radius 1 is 1.45 bits per heavy atom. The second-order valence-corrected chi connectivity index (χ2v) is 10.8. The van der Waals surface area contributed by atoms with Crippen LogP contribution in [0.25, 0.3) is 0 Å². The van der Waals surface area contributed by atoms with Gasteiger partial charge in [-0.15, -0.1) is 0 Å². The van der Waals surface area contributed by atoms with E-state index in [1.165, 1.54) is 0 Å². The number of alkyl halides is 3. The molecule has 0 spiro atoms. The summed E-state index contributed by atoms with van der Waals surface area (Å²) in [6.45, 7) is 4.97. The molecule has 4 rings (SSSR count). The summed E-state index contributed by atoms with van der Waals surface area (Å²) in [5.41, 5.74) is 0.692. The lowest BCUT2D eigenvalue weighted by molar-refractivity contribution is -0.161. The van der Waals surface area contributed by atoms with Crippen LogP contribution in [0.2, 0.25) is 0 Å². The van der Waals surface area contributed by atoms with Crippen molar-refractivity contribution in [2.45, 2.75) is 41.8 Å². The van der Waals surface area contributed by atoms with Crippen molar-refractivity contribution >= 4 is 53.7 Å². The molecule has 3 aliphatic carbocycles. The molecule has 3 nitrogen and oxygen atoms in total. The van der Waals surface area contributed by atoms with Crippen LogP contribution >= 0.6 is 47.8 Å². The fourth-order valence-corrected chi connectivity index (χ4v) is 9.46. The lowest BCUT2D eigenvalue weighted by atomic mass is 9.43. The summed E-state index contributed by atoms with van der Waals surface area (Å²) in [6, 6.07) is 3.87. The first kappa shape index (κ1) is 16.9. The van der Waals surface area contributed by atoms with Gasteiger partial charge in [-0.25, -0.2) is 0 Å². The van der Waals surface area contributed by atoms with Gasteiger partial charge in [0.1, 0.15) is 0 Å². The van der Waals surface area contributed by atoms with Crippen molar-refractivity contribution in [1.82, 2.24) is 10.3 Å². The molecule has 0 radical (unpaired) electrons. The Morgan fingerprint density at radius 2 is 2.18 bits per heavy atom. The number of aromatic nitrogens is 1. The van der Waals surface area contributed by atoms with Crippen LogP contribution in [-0.2, 0) is 11.3 Å². The van der Waals surface area contributed by atoms with Crippen molar-refractivity contribution in [3.8, 4) is 0 Å². The number of nitrogens with zero attached hydrogens (tertiary/aromatic N) is 1. The van der Waals surface area contributed by atoms with Crippen LogP contribution in [-0.4, -0.2) is 19.5 Å². The van der Waals surface area contributed by atoms with E-state index in [1.807, 2.05) is 12.1 Å². The van der Waals surface area contributed by atoms with Crippen molar-refractivity contribution in [2.75, 3.05) is 0 Å². The summed E-state index contributed by atoms with van der Waals surface area (Å²) in [6.07, 6.45) is 5.49. The van der Waals surface area contributed by atoms with Crippen LogP contribution in [0.4, 0.5) is 0 Å². The van der Waals surface area contributed by atoms with Crippen LogP contribution in [0.1, 0.15) is 32.3 Å². The predicted octanol–water partition coefficient (Wildman–Crippen LogP) is 4.38. The maximum Gasteiger partial charge on any atom is 0.228 e. The maximum absolute atomic E-state index is 13.0. The molecule has 6 heteroatoms. The van der Waals surface area contributed by atoms with E-state index in [2.05, 4.69) is 71.9 Å². The Kier molecular flexibility index (Phi) is 4.27. The fraction of sp³-hybridized carbons (Fsp3) is 0.625. The average molecular weight is 495 g/mol. The summed E-state index contributed by atoms with van der Waals surface area (Å²) in [5, 5.41) is 3.12. The Bertz CT molecular complexity index is 592. The van der Waals surface area contributed by atoms with Gasteiger partial charge in [0.05, 0.1) is 9.15 Å². The van der Waals surface area contributed by atoms with Gasteiger partial charge < -0.3 is 5.32 Å². The predicted molar refractivity (Wildman–Crippen MR) is 98.3 cm³/mol. The minimum Gasteiger partial charge on any atom is -0.351 e. The minimum atomic E-state index is -0.338. The standard InChI is InChI=1S/C16H19Br3N2O/c1-14(2)15(12(18)19)5-6-16(14,11(15)17)13(22)21-9-10-4-3-7-20-8-10/h3-4,7-8,11-12H,5-6,9H2,1-2H3,(H,21,22)/t11-,15-,16-/m1/s1. The SMILES string of the molecule is CC1(C)[C@]2(C(=O)NCc3cccnc3)CC[C@]1(C(Br)Br)[C@H]2Br. The molecule has 2 bridgehead atoms. The summed E-state index contributed by atoms with van der Waals surface area (Å²) >= 11 is 11.3. The molecule has 3 saturated carbocycles. The van der Waals surface area contributed by atoms with Crippen molar-refractivity contribution in [1.29, 1.82) is 0 Å². The van der Waals surface area contributed by atoms with Gasteiger partial charge in [0, 0.05) is 29.2 Å². The van der Waals surface area contributed by atoms with Crippen LogP contribution in [0.5, 0.6) is 0 Å². The van der Waals surface area contributed by atoms with E-state index in [0.29, 0.717) is 6.54 Å². The topological polar surface area (TPSA) is 42.0 Å². The molecule has 1 N–H and O–H groups in total. The van der Waals surface area contributed by atoms with Gasteiger partial charge in [0.2, 0.25) is 5.91 Å². The number of rotatable bonds is 4. The fourth-order valence-electron chi connectivity index (χ4n) is 4.54. The zero-order chi connectivity index (χ0) is 16.2. The summed E-state index contributed by atoms with van der Waals surface area (Å²) in [4.78, 5) is 17.2. The number of amides is 1. The highest BCUT2D eigenvalue weighted by molar-refractivity contribution is 9.24. The van der Waals surface area contributed by atoms with E-state index in [-0.39, 0.29) is 30.7 Å². The number of hydrogen-bond acceptors (Lipinski definition) is 2. The minimum absolute atomic E-state index is 0.0646. The second kappa shape index (κ2) is 5.55. The second-order valence-electron chi connectivity index (χ2n) is 6.84. The molecule has 0 saturated heterocycles. The lowest BCUT2D eigenvalue weighted by Gasteiger charge is -2.66. The molecule has 0 aliphatic heterocycles. The van der Waals surface area contributed by atoms with Crippen LogP contribution < -0.4 is 5.32 Å². The Morgan fingerprint density at radius 3 is 2.68 bits per heavy atom. The van der Waals surface area contributed by atoms with Gasteiger partial charge in [0.15, 0.2) is 0 Å². The lowest BCUT2D eigenvalue weighted by Crippen LogP contribution is -2.72. The first-order valence-electron chi connectivity index (χ1n) is 7.40. The molecule has 3 fully saturated rings. The van der Waals surface area contributed by atoms with E-state index in [4.69, 9.17) is 0 Å². The van der Waals surface area contributed by atoms with Gasteiger partial charge >= 0.3 is 0 Å². The summed E-state index contributed by atoms with van der Waals surface area (Å²) in [5.74, 6) is 0.150. The Balaban J connectivity index is 1.79. The molecule has 0 unspecified atom stereocenters. The Labute approximate surface area is 156 Å². The van der Waals surface area contributed by atoms with Crippen molar-refractivity contribution in [2.24, 2.45) is 16.2 Å². The highest BCUT2D eigenvalue weighted by atomic mass is 79.9. The Hall–Kier alpha value is 0.0600. The zero-order valence-electron chi connectivity index (χ0n) is 12.6. The maximum atomic E-state index is 13.0. The van der Waals surface area contributed by atoms with Crippen molar-refractivity contribution in [3.63, 3.8) is 0 Å². The monoisotopic (exact) mass is 492 g/mol. The molecular formula is C16H19Br3N2O. The van der Waals surface area contributed by atoms with Crippen molar-refractivity contribution < 1.29 is 4.79 Å². The number of nitrogens with one attached hydrogen (secondary N) is 1. The van der Waals surface area contributed by atoms with Gasteiger partial charge in [-0.1, -0.05) is 67.7 Å². The van der Waals surface area contributed by atoms with E-state index in [1.54, 1.807) is 12.4 Å². The number of carbonyl (C=O) groups is 1. The summed E-state index contributed by atoms with van der Waals surface area (Å²) < 4.78 is 0.202. The van der Waals surface area contributed by atoms with E-state index >= 15 is 0 Å². The third-order valence-corrected chi connectivity index (χ3v) is 9.30. The highest BCUT2D eigenvalue weighted by Gasteiger charge is 2.83. The van der Waals surface area contributed by atoms with Gasteiger partial charge in [-0.05, 0) is 29.9 Å². The molecule has 22 heavy (non-hydrogen) atoms. The molecule has 0 aromatic carbocycles. The van der Waals surface area contributed by atoms with Gasteiger partial charge in [-0.3, -0.25) is 9.78 Å². The van der Waals surface area contributed by atoms with Crippen molar-refractivity contribution in [3.05, 3.63) is 30.1 Å². The number of carbonyl (C=O) groups excluding carboxylic acids is 1. The number of hydrogen-bond donors (Lipinski definition) is 1. The zero-order valence-corrected chi connectivity index (χ0v) is 17.3. The molecule has 3 aliphatic rings. The first-order chi connectivity index (χ1) is 10.3. The number of fused-ring (bicyclic) bond motifs is 1. The van der Waals surface area contributed by atoms with Gasteiger partial charge in [-0.2, -0.15) is 0 Å². The van der Waals surface area contributed by atoms with E-state index < -0.39 is 0 Å². The number of pyridine rings is 1. The smallest absolute Gasteiger partial charge is 0.228 e. The third kappa shape index (κ3) is 1.89. The van der Waals surface area contributed by atoms with Crippen LogP contribution in [0.15, 0.2) is 24.5 Å². The quantitative estimate of drug-likeness (QED) is 0.631. The third-order valence-electron chi connectivity index (χ3n) is 6.07. The molecule has 1 heterocycles. The summed E-state index contributed by atoms with van der Waals surface area (Å²) in [7, 11) is 0. The first-order valence-corrected chi connectivity index (χ1v) is 10.1. The van der Waals surface area contributed by atoms with Crippen LogP contribution in [0, 0.1) is 16.2 Å². The molecular weight excluding hydrogens is 476 g/mol. The highest BCUT2D eigenvalue weighted by Crippen LogP contribution is 2.82. The average Bonchev–Trinajstić information content (AvgIpc) is 2.95. The molecule has 120 valence electrons. The van der Waals surface area contributed by atoms with Gasteiger partial charge in [0.25, 0.3) is 0 Å². The number of halogens is 3. The van der Waals surface area contributed by atoms with E-state index in [0.717, 1.165) is 18.4 Å². The molecule has 1 amide bonds. The van der Waals surface area contributed by atoms with Crippen LogP contribution in [0.3, 0.4) is 0 Å². The normalized spacial score (nSPS) is 35.3. The molecule has 1 aromatic rings. The largest absolute Gasteiger partial charge is 0.351 e. The molecule has 3 atom stereocenters. The van der Waals surface area contributed by atoms with E-state index in [9.17, 15) is 4.79 Å².